The first-order valence-electron chi connectivity index (χ1n) is 12.4. The third-order valence-corrected chi connectivity index (χ3v) is 6.73. The standard InChI is InChI=1S/C30H31N3O4/c1-4-9-21-14-15-27(28(18-21)36-3)37-17-16-32-24-11-6-5-10-23(24)31-30(32)22-19-29(34)33(20-22)25-12-7-8-13-26(25)35-2/h4-8,10-15,18,22H,1,9,16-17,19-20H2,2-3H3/t22-/m1/s1. The quantitative estimate of drug-likeness (QED) is 0.275. The lowest BCUT2D eigenvalue weighted by molar-refractivity contribution is -0.117. The molecule has 3 aromatic carbocycles. The molecule has 0 radical (unpaired) electrons. The van der Waals surface area contributed by atoms with Crippen molar-refractivity contribution in [1.82, 2.24) is 9.55 Å². The highest BCUT2D eigenvalue weighted by Crippen LogP contribution is 2.37. The van der Waals surface area contributed by atoms with E-state index in [0.717, 1.165) is 34.5 Å². The highest BCUT2D eigenvalue weighted by Gasteiger charge is 2.36. The van der Waals surface area contributed by atoms with Gasteiger partial charge in [-0.15, -0.1) is 6.58 Å². The summed E-state index contributed by atoms with van der Waals surface area (Å²) in [7, 11) is 3.27. The third-order valence-electron chi connectivity index (χ3n) is 6.73. The Hall–Kier alpha value is -4.26. The van der Waals surface area contributed by atoms with E-state index >= 15 is 0 Å². The summed E-state index contributed by atoms with van der Waals surface area (Å²) in [6, 6.07) is 21.6. The normalized spacial score (nSPS) is 15.2. The Labute approximate surface area is 216 Å². The lowest BCUT2D eigenvalue weighted by atomic mass is 10.1. The summed E-state index contributed by atoms with van der Waals surface area (Å²) in [5.41, 5.74) is 3.84. The summed E-state index contributed by atoms with van der Waals surface area (Å²) >= 11 is 0. The van der Waals surface area contributed by atoms with Crippen LogP contribution in [-0.2, 0) is 17.8 Å². The molecule has 0 aliphatic carbocycles. The van der Waals surface area contributed by atoms with Crippen molar-refractivity contribution in [2.75, 3.05) is 32.3 Å². The number of methoxy groups -OCH3 is 2. The maximum atomic E-state index is 13.1. The number of para-hydroxylation sites is 4. The van der Waals surface area contributed by atoms with Crippen molar-refractivity contribution >= 4 is 22.6 Å². The van der Waals surface area contributed by atoms with Gasteiger partial charge >= 0.3 is 0 Å². The van der Waals surface area contributed by atoms with E-state index in [4.69, 9.17) is 19.2 Å². The van der Waals surface area contributed by atoms with Gasteiger partial charge in [-0.1, -0.05) is 36.4 Å². The summed E-state index contributed by atoms with van der Waals surface area (Å²) in [6.45, 7) is 5.37. The van der Waals surface area contributed by atoms with Crippen molar-refractivity contribution in [2.24, 2.45) is 0 Å². The molecular formula is C30H31N3O4. The Kier molecular flexibility index (Phi) is 7.12. The zero-order valence-electron chi connectivity index (χ0n) is 21.2. The van der Waals surface area contributed by atoms with Gasteiger partial charge in [-0.25, -0.2) is 4.98 Å². The number of allylic oxidation sites excluding steroid dienone is 1. The topological polar surface area (TPSA) is 65.8 Å². The summed E-state index contributed by atoms with van der Waals surface area (Å²) < 4.78 is 19.4. The number of amides is 1. The molecule has 0 N–H and O–H groups in total. The number of ether oxygens (including phenoxy) is 3. The predicted octanol–water partition coefficient (Wildman–Crippen LogP) is 5.38. The van der Waals surface area contributed by atoms with Gasteiger partial charge < -0.3 is 23.7 Å². The van der Waals surface area contributed by atoms with Crippen molar-refractivity contribution < 1.29 is 19.0 Å². The van der Waals surface area contributed by atoms with Gasteiger partial charge in [0, 0.05) is 18.9 Å². The Morgan fingerprint density at radius 2 is 1.78 bits per heavy atom. The molecule has 7 heteroatoms. The lowest BCUT2D eigenvalue weighted by Gasteiger charge is -2.20. The van der Waals surface area contributed by atoms with Gasteiger partial charge in [-0.05, 0) is 48.4 Å². The highest BCUT2D eigenvalue weighted by atomic mass is 16.5. The van der Waals surface area contributed by atoms with E-state index in [9.17, 15) is 4.79 Å². The van der Waals surface area contributed by atoms with Crippen LogP contribution in [0.2, 0.25) is 0 Å². The first-order chi connectivity index (χ1) is 18.1. The number of fused-ring (bicyclic) bond motifs is 1. The second-order valence-corrected chi connectivity index (χ2v) is 9.01. The molecule has 1 saturated heterocycles. The number of carbonyl (C=O) groups excluding carboxylic acids is 1. The molecule has 2 heterocycles. The SMILES string of the molecule is C=CCc1ccc(OCCn2c([C@@H]3CC(=O)N(c4ccccc4OC)C3)nc3ccccc32)c(OC)c1. The van der Waals surface area contributed by atoms with Crippen LogP contribution in [0.15, 0.2) is 79.4 Å². The van der Waals surface area contributed by atoms with Crippen LogP contribution in [0.3, 0.4) is 0 Å². The van der Waals surface area contributed by atoms with Crippen molar-refractivity contribution in [3.8, 4) is 17.2 Å². The van der Waals surface area contributed by atoms with Crippen LogP contribution in [0, 0.1) is 0 Å². The smallest absolute Gasteiger partial charge is 0.227 e. The van der Waals surface area contributed by atoms with Gasteiger partial charge in [-0.2, -0.15) is 0 Å². The molecule has 7 nitrogen and oxygen atoms in total. The molecule has 1 aliphatic heterocycles. The minimum absolute atomic E-state index is 0.0439. The van der Waals surface area contributed by atoms with Gasteiger partial charge in [0.2, 0.25) is 5.91 Å². The van der Waals surface area contributed by atoms with Crippen LogP contribution in [0.1, 0.15) is 23.7 Å². The first-order valence-corrected chi connectivity index (χ1v) is 12.4. The van der Waals surface area contributed by atoms with Crippen LogP contribution in [0.25, 0.3) is 11.0 Å². The fourth-order valence-corrected chi connectivity index (χ4v) is 4.98. The average Bonchev–Trinajstić information content (AvgIpc) is 3.49. The van der Waals surface area contributed by atoms with E-state index in [0.29, 0.717) is 43.4 Å². The number of carbonyl (C=O) groups is 1. The summed E-state index contributed by atoms with van der Waals surface area (Å²) in [5.74, 6) is 2.99. The Morgan fingerprint density at radius 1 is 1.00 bits per heavy atom. The van der Waals surface area contributed by atoms with Crippen LogP contribution < -0.4 is 19.1 Å². The van der Waals surface area contributed by atoms with Crippen molar-refractivity contribution in [3.63, 3.8) is 0 Å². The zero-order chi connectivity index (χ0) is 25.8. The molecule has 0 unspecified atom stereocenters. The van der Waals surface area contributed by atoms with Gasteiger partial charge in [0.25, 0.3) is 0 Å². The van der Waals surface area contributed by atoms with E-state index < -0.39 is 0 Å². The molecule has 1 aromatic heterocycles. The minimum Gasteiger partial charge on any atom is -0.495 e. The molecule has 1 fully saturated rings. The molecule has 1 amide bonds. The van der Waals surface area contributed by atoms with Gasteiger partial charge in [0.15, 0.2) is 11.5 Å². The second-order valence-electron chi connectivity index (χ2n) is 9.01. The monoisotopic (exact) mass is 497 g/mol. The first kappa shape index (κ1) is 24.4. The fraction of sp³-hybridized carbons (Fsp3) is 0.267. The summed E-state index contributed by atoms with van der Waals surface area (Å²) in [6.07, 6.45) is 3.03. The van der Waals surface area contributed by atoms with E-state index in [-0.39, 0.29) is 11.8 Å². The molecule has 4 aromatic rings. The molecule has 37 heavy (non-hydrogen) atoms. The Balaban J connectivity index is 1.39. The average molecular weight is 498 g/mol. The van der Waals surface area contributed by atoms with Gasteiger partial charge in [0.05, 0.1) is 37.5 Å². The van der Waals surface area contributed by atoms with Crippen molar-refractivity contribution in [3.05, 3.63) is 90.8 Å². The van der Waals surface area contributed by atoms with Crippen LogP contribution in [-0.4, -0.2) is 42.8 Å². The van der Waals surface area contributed by atoms with Crippen LogP contribution in [0.4, 0.5) is 5.69 Å². The van der Waals surface area contributed by atoms with E-state index in [2.05, 4.69) is 17.2 Å². The molecule has 1 aliphatic rings. The number of hydrogen-bond acceptors (Lipinski definition) is 5. The maximum absolute atomic E-state index is 13.1. The van der Waals surface area contributed by atoms with E-state index in [1.807, 2.05) is 66.7 Å². The number of aromatic nitrogens is 2. The van der Waals surface area contributed by atoms with Gasteiger partial charge in [-0.3, -0.25) is 4.79 Å². The number of nitrogens with zero attached hydrogens (tertiary/aromatic N) is 3. The molecule has 5 rings (SSSR count). The highest BCUT2D eigenvalue weighted by molar-refractivity contribution is 5.97. The lowest BCUT2D eigenvalue weighted by Crippen LogP contribution is -2.25. The number of rotatable bonds is 10. The van der Waals surface area contributed by atoms with E-state index in [1.165, 1.54) is 0 Å². The number of hydrogen-bond donors (Lipinski definition) is 0. The third kappa shape index (κ3) is 4.89. The fourth-order valence-electron chi connectivity index (χ4n) is 4.98. The number of anilines is 1. The van der Waals surface area contributed by atoms with Gasteiger partial charge in [0.1, 0.15) is 18.2 Å². The largest absolute Gasteiger partial charge is 0.495 e. The summed E-state index contributed by atoms with van der Waals surface area (Å²) in [5, 5.41) is 0. The minimum atomic E-state index is -0.0439. The second kappa shape index (κ2) is 10.8. The molecule has 0 saturated carbocycles. The molecule has 0 spiro atoms. The van der Waals surface area contributed by atoms with Crippen LogP contribution in [0.5, 0.6) is 17.2 Å². The van der Waals surface area contributed by atoms with Crippen LogP contribution >= 0.6 is 0 Å². The van der Waals surface area contributed by atoms with Crippen molar-refractivity contribution in [2.45, 2.75) is 25.3 Å². The molecule has 1 atom stereocenters. The number of benzene rings is 3. The zero-order valence-corrected chi connectivity index (χ0v) is 21.2. The molecule has 190 valence electrons. The molecular weight excluding hydrogens is 466 g/mol. The maximum Gasteiger partial charge on any atom is 0.227 e. The van der Waals surface area contributed by atoms with Crippen molar-refractivity contribution in [1.29, 1.82) is 0 Å². The van der Waals surface area contributed by atoms with E-state index in [1.54, 1.807) is 19.1 Å². The summed E-state index contributed by atoms with van der Waals surface area (Å²) in [4.78, 5) is 19.8. The Morgan fingerprint density at radius 3 is 2.59 bits per heavy atom. The number of imidazole rings is 1. The predicted molar refractivity (Wildman–Crippen MR) is 145 cm³/mol. The molecule has 0 bridgehead atoms. The Bertz CT molecular complexity index is 1430.